The summed E-state index contributed by atoms with van der Waals surface area (Å²) in [6.07, 6.45) is 7.03. The lowest BCUT2D eigenvalue weighted by molar-refractivity contribution is 0.451. The van der Waals surface area contributed by atoms with Crippen LogP contribution in [0.1, 0.15) is 57.8 Å². The highest BCUT2D eigenvalue weighted by Crippen LogP contribution is 2.23. The molecule has 0 radical (unpaired) electrons. The number of aryl methyl sites for hydroxylation is 2. The summed E-state index contributed by atoms with van der Waals surface area (Å²) in [5.41, 5.74) is 2.49. The molecule has 0 fully saturated rings. The number of hydrogen-bond donors (Lipinski definition) is 1. The van der Waals surface area contributed by atoms with Gasteiger partial charge in [0.15, 0.2) is 0 Å². The topological polar surface area (TPSA) is 29.9 Å². The van der Waals surface area contributed by atoms with Gasteiger partial charge in [0.25, 0.3) is 0 Å². The fourth-order valence-electron chi connectivity index (χ4n) is 2.35. The van der Waals surface area contributed by atoms with Crippen LogP contribution in [-0.2, 0) is 19.9 Å². The molecule has 1 heterocycles. The van der Waals surface area contributed by atoms with E-state index in [0.29, 0.717) is 6.04 Å². The van der Waals surface area contributed by atoms with Crippen LogP contribution in [0.2, 0.25) is 0 Å². The van der Waals surface area contributed by atoms with Crippen molar-refractivity contribution in [2.75, 3.05) is 6.54 Å². The molecule has 110 valence electrons. The quantitative estimate of drug-likeness (QED) is 0.745. The minimum absolute atomic E-state index is 0.566. The molecule has 3 nitrogen and oxygen atoms in total. The second-order valence-corrected chi connectivity index (χ2v) is 5.97. The molecule has 0 aromatic carbocycles. The molecule has 0 amide bonds. The number of halogens is 1. The lowest BCUT2D eigenvalue weighted by atomic mass is 10.0. The van der Waals surface area contributed by atoms with Crippen molar-refractivity contribution in [1.82, 2.24) is 15.1 Å². The predicted octanol–water partition coefficient (Wildman–Crippen LogP) is 3.85. The Morgan fingerprint density at radius 1 is 1.26 bits per heavy atom. The van der Waals surface area contributed by atoms with Crippen molar-refractivity contribution in [3.05, 3.63) is 15.9 Å². The third-order valence-electron chi connectivity index (χ3n) is 3.53. The summed E-state index contributed by atoms with van der Waals surface area (Å²) >= 11 is 3.72. The fourth-order valence-corrected chi connectivity index (χ4v) is 3.13. The average Bonchev–Trinajstić information content (AvgIpc) is 2.68. The lowest BCUT2D eigenvalue weighted by Gasteiger charge is -2.18. The molecule has 0 spiro atoms. The van der Waals surface area contributed by atoms with E-state index < -0.39 is 0 Å². The summed E-state index contributed by atoms with van der Waals surface area (Å²) in [5.74, 6) is 0. The van der Waals surface area contributed by atoms with Gasteiger partial charge in [-0.2, -0.15) is 5.10 Å². The molecule has 0 aliphatic carbocycles. The van der Waals surface area contributed by atoms with Crippen molar-refractivity contribution in [3.63, 3.8) is 0 Å². The highest BCUT2D eigenvalue weighted by Gasteiger charge is 2.17. The van der Waals surface area contributed by atoms with Gasteiger partial charge in [0, 0.05) is 19.5 Å². The van der Waals surface area contributed by atoms with Gasteiger partial charge in [0.1, 0.15) is 0 Å². The monoisotopic (exact) mass is 329 g/mol. The molecule has 1 N–H and O–H groups in total. The van der Waals surface area contributed by atoms with Crippen molar-refractivity contribution in [3.8, 4) is 0 Å². The van der Waals surface area contributed by atoms with Crippen LogP contribution in [0.3, 0.4) is 0 Å². The molecule has 0 bridgehead atoms. The number of rotatable bonds is 9. The van der Waals surface area contributed by atoms with Gasteiger partial charge in [-0.15, -0.1) is 0 Å². The van der Waals surface area contributed by atoms with Crippen LogP contribution in [-0.4, -0.2) is 22.4 Å². The van der Waals surface area contributed by atoms with Gasteiger partial charge >= 0.3 is 0 Å². The zero-order valence-corrected chi connectivity index (χ0v) is 14.4. The predicted molar refractivity (Wildman–Crippen MR) is 85.6 cm³/mol. The lowest BCUT2D eigenvalue weighted by Crippen LogP contribution is -2.32. The van der Waals surface area contributed by atoms with Gasteiger partial charge in [-0.1, -0.05) is 33.6 Å². The van der Waals surface area contributed by atoms with Crippen LogP contribution < -0.4 is 5.32 Å². The zero-order valence-electron chi connectivity index (χ0n) is 12.8. The second kappa shape index (κ2) is 8.75. The number of nitrogens with zero attached hydrogens (tertiary/aromatic N) is 2. The molecule has 1 atom stereocenters. The molecule has 1 rings (SSSR count). The molecule has 0 saturated carbocycles. The molecule has 1 aromatic heterocycles. The van der Waals surface area contributed by atoms with E-state index in [1.54, 1.807) is 0 Å². The van der Waals surface area contributed by atoms with Crippen molar-refractivity contribution in [1.29, 1.82) is 0 Å². The van der Waals surface area contributed by atoms with Gasteiger partial charge < -0.3 is 5.32 Å². The first-order chi connectivity index (χ1) is 9.13. The maximum atomic E-state index is 4.58. The Hall–Kier alpha value is -0.350. The molecular weight excluding hydrogens is 302 g/mol. The van der Waals surface area contributed by atoms with Crippen molar-refractivity contribution >= 4 is 15.9 Å². The molecule has 1 unspecified atom stereocenters. The maximum absolute atomic E-state index is 4.58. The number of aromatic nitrogens is 2. The van der Waals surface area contributed by atoms with Crippen LogP contribution >= 0.6 is 15.9 Å². The Labute approximate surface area is 126 Å². The molecule has 4 heteroatoms. The van der Waals surface area contributed by atoms with E-state index in [1.165, 1.54) is 41.5 Å². The Bertz CT molecular complexity index is 366. The highest BCUT2D eigenvalue weighted by atomic mass is 79.9. The first kappa shape index (κ1) is 16.7. The summed E-state index contributed by atoms with van der Waals surface area (Å²) in [4.78, 5) is 0. The largest absolute Gasteiger partial charge is 0.314 e. The Kier molecular flexibility index (Phi) is 7.69. The number of unbranched alkanes of at least 4 members (excludes halogenated alkanes) is 1. The Balaban J connectivity index is 2.73. The van der Waals surface area contributed by atoms with E-state index in [9.17, 15) is 0 Å². The first-order valence-corrected chi connectivity index (χ1v) is 8.36. The summed E-state index contributed by atoms with van der Waals surface area (Å²) in [7, 11) is 2.05. The molecular formula is C15H28BrN3. The minimum Gasteiger partial charge on any atom is -0.314 e. The highest BCUT2D eigenvalue weighted by molar-refractivity contribution is 9.10. The SMILES string of the molecule is CCCCC(Cc1c(Br)c(CC)nn1C)NCCC. The van der Waals surface area contributed by atoms with Crippen molar-refractivity contribution in [2.45, 2.75) is 65.3 Å². The third-order valence-corrected chi connectivity index (χ3v) is 4.45. The van der Waals surface area contributed by atoms with E-state index in [4.69, 9.17) is 0 Å². The molecule has 1 aromatic rings. The normalized spacial score (nSPS) is 12.9. The summed E-state index contributed by atoms with van der Waals surface area (Å²) < 4.78 is 3.24. The van der Waals surface area contributed by atoms with Gasteiger partial charge in [0.05, 0.1) is 15.9 Å². The van der Waals surface area contributed by atoms with Crippen LogP contribution in [0.5, 0.6) is 0 Å². The summed E-state index contributed by atoms with van der Waals surface area (Å²) in [6.45, 7) is 7.73. The van der Waals surface area contributed by atoms with Gasteiger partial charge in [-0.05, 0) is 41.7 Å². The average molecular weight is 330 g/mol. The van der Waals surface area contributed by atoms with Crippen LogP contribution in [0.4, 0.5) is 0 Å². The molecule has 0 aliphatic heterocycles. The smallest absolute Gasteiger partial charge is 0.0766 e. The van der Waals surface area contributed by atoms with Crippen molar-refractivity contribution < 1.29 is 0 Å². The van der Waals surface area contributed by atoms with E-state index >= 15 is 0 Å². The summed E-state index contributed by atoms with van der Waals surface area (Å²) in [5, 5.41) is 8.26. The van der Waals surface area contributed by atoms with Gasteiger partial charge in [-0.3, -0.25) is 4.68 Å². The zero-order chi connectivity index (χ0) is 14.3. The number of nitrogens with one attached hydrogen (secondary N) is 1. The van der Waals surface area contributed by atoms with E-state index in [-0.39, 0.29) is 0 Å². The van der Waals surface area contributed by atoms with Crippen molar-refractivity contribution in [2.24, 2.45) is 7.05 Å². The number of hydrogen-bond acceptors (Lipinski definition) is 2. The standard InChI is InChI=1S/C15H28BrN3/c1-5-8-9-12(17-10-6-2)11-14-15(16)13(7-3)18-19(14)4/h12,17H,5-11H2,1-4H3. The summed E-state index contributed by atoms with van der Waals surface area (Å²) in [6, 6.07) is 0.566. The van der Waals surface area contributed by atoms with E-state index in [1.807, 2.05) is 4.68 Å². The Morgan fingerprint density at radius 3 is 2.53 bits per heavy atom. The van der Waals surface area contributed by atoms with E-state index in [0.717, 1.165) is 19.4 Å². The molecule has 0 saturated heterocycles. The third kappa shape index (κ3) is 4.92. The van der Waals surface area contributed by atoms with Gasteiger partial charge in [0.2, 0.25) is 0 Å². The van der Waals surface area contributed by atoms with E-state index in [2.05, 4.69) is 54.2 Å². The van der Waals surface area contributed by atoms with Crippen LogP contribution in [0.25, 0.3) is 0 Å². The van der Waals surface area contributed by atoms with Crippen LogP contribution in [0, 0.1) is 0 Å². The fraction of sp³-hybridized carbons (Fsp3) is 0.800. The van der Waals surface area contributed by atoms with Gasteiger partial charge in [-0.25, -0.2) is 0 Å². The molecule has 0 aliphatic rings. The molecule has 19 heavy (non-hydrogen) atoms. The minimum atomic E-state index is 0.566. The Morgan fingerprint density at radius 2 is 2.00 bits per heavy atom. The van der Waals surface area contributed by atoms with Crippen LogP contribution in [0.15, 0.2) is 4.47 Å². The second-order valence-electron chi connectivity index (χ2n) is 5.18. The maximum Gasteiger partial charge on any atom is 0.0766 e. The first-order valence-electron chi connectivity index (χ1n) is 7.57.